The van der Waals surface area contributed by atoms with Crippen molar-refractivity contribution in [2.45, 2.75) is 0 Å². The van der Waals surface area contributed by atoms with Gasteiger partial charge in [0.05, 0.1) is 4.92 Å². The first kappa shape index (κ1) is 13.1. The third-order valence-electron chi connectivity index (χ3n) is 3.40. The molecule has 3 rings (SSSR count). The van der Waals surface area contributed by atoms with Gasteiger partial charge in [-0.2, -0.15) is 0 Å². The summed E-state index contributed by atoms with van der Waals surface area (Å²) in [6, 6.07) is 22.0. The van der Waals surface area contributed by atoms with Crippen molar-refractivity contribution in [1.82, 2.24) is 0 Å². The summed E-state index contributed by atoms with van der Waals surface area (Å²) in [5, 5.41) is 12.8. The van der Waals surface area contributed by atoms with Crippen LogP contribution in [0.1, 0.15) is 5.56 Å². The number of fused-ring (bicyclic) bond motifs is 1. The summed E-state index contributed by atoms with van der Waals surface area (Å²) in [5.41, 5.74) is 2.88. The Morgan fingerprint density at radius 2 is 1.57 bits per heavy atom. The molecule has 0 aliphatic heterocycles. The maximum Gasteiger partial charge on any atom is 0.235 e. The Hall–Kier alpha value is -2.94. The van der Waals surface area contributed by atoms with Crippen LogP contribution in [0.4, 0.5) is 0 Å². The third kappa shape index (κ3) is 2.82. The highest BCUT2D eigenvalue weighted by Gasteiger charge is 2.04. The fourth-order valence-electron chi connectivity index (χ4n) is 2.40. The van der Waals surface area contributed by atoms with Crippen LogP contribution >= 0.6 is 0 Å². The SMILES string of the molecule is O=[N+]([O-])C=Cc1ccccc1-c1ccc2ccccc2c1. The first-order valence-corrected chi connectivity index (χ1v) is 6.64. The monoisotopic (exact) mass is 275 g/mol. The fraction of sp³-hybridized carbons (Fsp3) is 0. The molecule has 3 heteroatoms. The van der Waals surface area contributed by atoms with Gasteiger partial charge in [-0.05, 0) is 33.5 Å². The molecule has 102 valence electrons. The molecule has 0 aliphatic rings. The molecule has 3 aromatic rings. The van der Waals surface area contributed by atoms with Crippen LogP contribution < -0.4 is 0 Å². The Kier molecular flexibility index (Phi) is 3.48. The highest BCUT2D eigenvalue weighted by atomic mass is 16.6. The zero-order valence-electron chi connectivity index (χ0n) is 11.3. The molecular formula is C18H13NO2. The van der Waals surface area contributed by atoms with Gasteiger partial charge in [0, 0.05) is 6.08 Å². The van der Waals surface area contributed by atoms with Gasteiger partial charge in [-0.1, -0.05) is 60.7 Å². The van der Waals surface area contributed by atoms with Crippen LogP contribution in [0.5, 0.6) is 0 Å². The Balaban J connectivity index is 2.12. The largest absolute Gasteiger partial charge is 0.259 e. The molecule has 0 heterocycles. The molecule has 0 amide bonds. The molecule has 0 saturated heterocycles. The normalized spacial score (nSPS) is 11.0. The summed E-state index contributed by atoms with van der Waals surface area (Å²) in [7, 11) is 0. The van der Waals surface area contributed by atoms with E-state index in [1.165, 1.54) is 11.5 Å². The average Bonchev–Trinajstić information content (AvgIpc) is 2.52. The van der Waals surface area contributed by atoms with Crippen molar-refractivity contribution >= 4 is 16.8 Å². The van der Waals surface area contributed by atoms with E-state index in [1.807, 2.05) is 42.5 Å². The van der Waals surface area contributed by atoms with Gasteiger partial charge in [-0.15, -0.1) is 0 Å². The van der Waals surface area contributed by atoms with Gasteiger partial charge >= 0.3 is 0 Å². The van der Waals surface area contributed by atoms with Crippen LogP contribution in [0, 0.1) is 10.1 Å². The molecule has 0 saturated carbocycles. The van der Waals surface area contributed by atoms with Gasteiger partial charge in [-0.3, -0.25) is 10.1 Å². The topological polar surface area (TPSA) is 43.1 Å². The molecule has 3 aromatic carbocycles. The maximum absolute atomic E-state index is 10.5. The first-order chi connectivity index (χ1) is 10.2. The zero-order chi connectivity index (χ0) is 14.7. The predicted molar refractivity (Wildman–Crippen MR) is 85.4 cm³/mol. The van der Waals surface area contributed by atoms with E-state index in [1.54, 1.807) is 0 Å². The lowest BCUT2D eigenvalue weighted by molar-refractivity contribution is -0.400. The van der Waals surface area contributed by atoms with Gasteiger partial charge < -0.3 is 0 Å². The lowest BCUT2D eigenvalue weighted by Crippen LogP contribution is -1.86. The Morgan fingerprint density at radius 1 is 0.857 bits per heavy atom. The van der Waals surface area contributed by atoms with Crippen LogP contribution in [-0.2, 0) is 0 Å². The minimum atomic E-state index is -0.447. The zero-order valence-corrected chi connectivity index (χ0v) is 11.3. The van der Waals surface area contributed by atoms with Crippen molar-refractivity contribution in [3.05, 3.63) is 88.6 Å². The van der Waals surface area contributed by atoms with E-state index in [4.69, 9.17) is 0 Å². The highest BCUT2D eigenvalue weighted by molar-refractivity contribution is 5.88. The van der Waals surface area contributed by atoms with Crippen molar-refractivity contribution in [3.63, 3.8) is 0 Å². The lowest BCUT2D eigenvalue weighted by atomic mass is 9.97. The molecule has 0 unspecified atom stereocenters. The Bertz CT molecular complexity index is 837. The van der Waals surface area contributed by atoms with Gasteiger partial charge in [0.1, 0.15) is 0 Å². The van der Waals surface area contributed by atoms with E-state index in [0.29, 0.717) is 0 Å². The van der Waals surface area contributed by atoms with Crippen molar-refractivity contribution in [2.24, 2.45) is 0 Å². The van der Waals surface area contributed by atoms with E-state index in [9.17, 15) is 10.1 Å². The molecule has 21 heavy (non-hydrogen) atoms. The van der Waals surface area contributed by atoms with Crippen molar-refractivity contribution in [1.29, 1.82) is 0 Å². The smallest absolute Gasteiger partial charge is 0.235 e. The molecule has 0 fully saturated rings. The van der Waals surface area contributed by atoms with Crippen molar-refractivity contribution < 1.29 is 4.92 Å². The van der Waals surface area contributed by atoms with Gasteiger partial charge in [-0.25, -0.2) is 0 Å². The summed E-state index contributed by atoms with van der Waals surface area (Å²) < 4.78 is 0. The minimum Gasteiger partial charge on any atom is -0.259 e. The van der Waals surface area contributed by atoms with Crippen molar-refractivity contribution in [2.75, 3.05) is 0 Å². The number of nitrogens with zero attached hydrogens (tertiary/aromatic N) is 1. The number of benzene rings is 3. The third-order valence-corrected chi connectivity index (χ3v) is 3.40. The number of nitro groups is 1. The maximum atomic E-state index is 10.5. The first-order valence-electron chi connectivity index (χ1n) is 6.64. The molecule has 0 aromatic heterocycles. The number of hydrogen-bond donors (Lipinski definition) is 0. The average molecular weight is 275 g/mol. The second-order valence-electron chi connectivity index (χ2n) is 4.75. The van der Waals surface area contributed by atoms with E-state index in [-0.39, 0.29) is 0 Å². The quantitative estimate of drug-likeness (QED) is 0.511. The Labute approximate surface area is 122 Å². The van der Waals surface area contributed by atoms with Crippen molar-refractivity contribution in [3.8, 4) is 11.1 Å². The number of rotatable bonds is 3. The summed E-state index contributed by atoms with van der Waals surface area (Å²) >= 11 is 0. The highest BCUT2D eigenvalue weighted by Crippen LogP contribution is 2.28. The molecule has 0 N–H and O–H groups in total. The van der Waals surface area contributed by atoms with E-state index < -0.39 is 4.92 Å². The molecule has 0 aliphatic carbocycles. The summed E-state index contributed by atoms with van der Waals surface area (Å²) in [6.45, 7) is 0. The number of hydrogen-bond acceptors (Lipinski definition) is 2. The van der Waals surface area contributed by atoms with Crippen LogP contribution in [-0.4, -0.2) is 4.92 Å². The molecule has 0 spiro atoms. The molecule has 3 nitrogen and oxygen atoms in total. The predicted octanol–water partition coefficient (Wildman–Crippen LogP) is 4.75. The van der Waals surface area contributed by atoms with Crippen LogP contribution in [0.25, 0.3) is 28.0 Å². The molecule has 0 radical (unpaired) electrons. The lowest BCUT2D eigenvalue weighted by Gasteiger charge is -2.07. The van der Waals surface area contributed by atoms with Gasteiger partial charge in [0.25, 0.3) is 0 Å². The molecule has 0 bridgehead atoms. The summed E-state index contributed by atoms with van der Waals surface area (Å²) in [6.07, 6.45) is 2.50. The van der Waals surface area contributed by atoms with Crippen LogP contribution in [0.2, 0.25) is 0 Å². The van der Waals surface area contributed by atoms with Gasteiger partial charge in [0.15, 0.2) is 0 Å². The van der Waals surface area contributed by atoms with E-state index in [0.717, 1.165) is 28.3 Å². The standard InChI is InChI=1S/C18H13NO2/c20-19(21)12-11-15-6-3-4-8-18(15)17-10-9-14-5-1-2-7-16(14)13-17/h1-13H. The van der Waals surface area contributed by atoms with Crippen LogP contribution in [0.15, 0.2) is 72.9 Å². The fourth-order valence-corrected chi connectivity index (χ4v) is 2.40. The summed E-state index contributed by atoms with van der Waals surface area (Å²) in [5.74, 6) is 0. The van der Waals surface area contributed by atoms with E-state index in [2.05, 4.69) is 24.3 Å². The second kappa shape index (κ2) is 5.59. The summed E-state index contributed by atoms with van der Waals surface area (Å²) in [4.78, 5) is 10.1. The minimum absolute atomic E-state index is 0.447. The van der Waals surface area contributed by atoms with E-state index >= 15 is 0 Å². The Morgan fingerprint density at radius 3 is 2.38 bits per heavy atom. The molecule has 0 atom stereocenters. The molecular weight excluding hydrogens is 262 g/mol. The second-order valence-corrected chi connectivity index (χ2v) is 4.75. The van der Waals surface area contributed by atoms with Gasteiger partial charge in [0.2, 0.25) is 6.20 Å². The van der Waals surface area contributed by atoms with Crippen LogP contribution in [0.3, 0.4) is 0 Å².